The molecule has 1 aliphatic rings. The van der Waals surface area contributed by atoms with Crippen LogP contribution in [0.1, 0.15) is 26.3 Å². The third-order valence-electron chi connectivity index (χ3n) is 3.64. The fourth-order valence-corrected chi connectivity index (χ4v) is 2.53. The third-order valence-corrected chi connectivity index (χ3v) is 3.64. The maximum Gasteiger partial charge on any atom is 0.282 e. The summed E-state index contributed by atoms with van der Waals surface area (Å²) in [5, 5.41) is 18.9. The van der Waals surface area contributed by atoms with E-state index >= 15 is 0 Å². The maximum atomic E-state index is 12.5. The van der Waals surface area contributed by atoms with E-state index in [1.54, 1.807) is 18.3 Å². The van der Waals surface area contributed by atoms with Crippen LogP contribution in [-0.2, 0) is 6.67 Å². The lowest BCUT2D eigenvalue weighted by Gasteiger charge is -2.16. The zero-order valence-corrected chi connectivity index (χ0v) is 12.1. The molecule has 8 nitrogen and oxygen atoms in total. The molecule has 2 heterocycles. The second-order valence-electron chi connectivity index (χ2n) is 5.20. The van der Waals surface area contributed by atoms with E-state index in [4.69, 9.17) is 5.41 Å². The average Bonchev–Trinajstić information content (AvgIpc) is 2.76. The van der Waals surface area contributed by atoms with E-state index in [1.165, 1.54) is 22.8 Å². The second kappa shape index (κ2) is 5.16. The highest BCUT2D eigenvalue weighted by Gasteiger charge is 2.40. The van der Waals surface area contributed by atoms with Gasteiger partial charge in [0.2, 0.25) is 0 Å². The summed E-state index contributed by atoms with van der Waals surface area (Å²) in [7, 11) is 0. The molecule has 0 saturated heterocycles. The number of aromatic nitrogens is 1. The number of hydrogen-bond acceptors (Lipinski definition) is 5. The van der Waals surface area contributed by atoms with E-state index in [0.717, 1.165) is 10.5 Å². The molecule has 0 radical (unpaired) electrons. The third kappa shape index (κ3) is 2.30. The SMILES string of the molecule is Cc1ccc(=N)n(CN2C(=O)c3cccc([N+](=O)[O-])c3C2=O)c1. The van der Waals surface area contributed by atoms with Gasteiger partial charge in [0.15, 0.2) is 0 Å². The van der Waals surface area contributed by atoms with Gasteiger partial charge < -0.3 is 4.57 Å². The average molecular weight is 312 g/mol. The normalized spacial score (nSPS) is 13.3. The maximum absolute atomic E-state index is 12.5. The summed E-state index contributed by atoms with van der Waals surface area (Å²) in [6.07, 6.45) is 1.64. The van der Waals surface area contributed by atoms with Crippen LogP contribution in [0.3, 0.4) is 0 Å². The largest absolute Gasteiger partial charge is 0.314 e. The molecule has 0 aliphatic carbocycles. The zero-order chi connectivity index (χ0) is 16.7. The van der Waals surface area contributed by atoms with Gasteiger partial charge in [-0.1, -0.05) is 12.1 Å². The number of pyridine rings is 1. The fraction of sp³-hybridized carbons (Fsp3) is 0.133. The molecule has 2 aromatic rings. The predicted octanol–water partition coefficient (Wildman–Crippen LogP) is 1.44. The van der Waals surface area contributed by atoms with Crippen LogP contribution in [-0.4, -0.2) is 26.2 Å². The number of fused-ring (bicyclic) bond motifs is 1. The van der Waals surface area contributed by atoms with Crippen molar-refractivity contribution in [3.05, 3.63) is 68.8 Å². The molecule has 0 saturated carbocycles. The van der Waals surface area contributed by atoms with Crippen LogP contribution < -0.4 is 5.49 Å². The summed E-state index contributed by atoms with van der Waals surface area (Å²) in [5.41, 5.74) is 0.431. The number of imide groups is 1. The van der Waals surface area contributed by atoms with Gasteiger partial charge in [0, 0.05) is 12.3 Å². The quantitative estimate of drug-likeness (QED) is 0.525. The molecule has 0 atom stereocenters. The molecular formula is C15H12N4O4. The summed E-state index contributed by atoms with van der Waals surface area (Å²) in [4.78, 5) is 36.1. The molecular weight excluding hydrogens is 300 g/mol. The molecule has 2 amide bonds. The number of nitro benzene ring substituents is 1. The summed E-state index contributed by atoms with van der Waals surface area (Å²) in [6.45, 7) is 1.66. The first-order valence-corrected chi connectivity index (χ1v) is 6.75. The number of nitrogens with zero attached hydrogens (tertiary/aromatic N) is 3. The van der Waals surface area contributed by atoms with E-state index in [2.05, 4.69) is 0 Å². The van der Waals surface area contributed by atoms with Crippen LogP contribution in [0.25, 0.3) is 0 Å². The van der Waals surface area contributed by atoms with Crippen molar-refractivity contribution in [3.63, 3.8) is 0 Å². The molecule has 8 heteroatoms. The Labute approximate surface area is 130 Å². The Morgan fingerprint density at radius 1 is 1.17 bits per heavy atom. The molecule has 116 valence electrons. The van der Waals surface area contributed by atoms with Crippen LogP contribution >= 0.6 is 0 Å². The van der Waals surface area contributed by atoms with Crippen LogP contribution in [0.4, 0.5) is 5.69 Å². The van der Waals surface area contributed by atoms with Gasteiger partial charge in [0.05, 0.1) is 10.5 Å². The van der Waals surface area contributed by atoms with Crippen LogP contribution in [0.5, 0.6) is 0 Å². The Bertz CT molecular complexity index is 916. The van der Waals surface area contributed by atoms with Gasteiger partial charge >= 0.3 is 0 Å². The smallest absolute Gasteiger partial charge is 0.282 e. The fourth-order valence-electron chi connectivity index (χ4n) is 2.53. The Hall–Kier alpha value is -3.29. The van der Waals surface area contributed by atoms with E-state index in [9.17, 15) is 19.7 Å². The standard InChI is InChI=1S/C15H12N4O4/c1-9-5-6-12(16)17(7-9)8-18-14(20)10-3-2-4-11(19(22)23)13(10)15(18)21/h2-7,16H,8H2,1H3. The van der Waals surface area contributed by atoms with Gasteiger partial charge in [0.1, 0.15) is 17.7 Å². The van der Waals surface area contributed by atoms with Crippen molar-refractivity contribution in [3.8, 4) is 0 Å². The predicted molar refractivity (Wildman–Crippen MR) is 78.6 cm³/mol. The molecule has 3 rings (SSSR count). The zero-order valence-electron chi connectivity index (χ0n) is 12.1. The molecule has 0 fully saturated rings. The number of amides is 2. The first kappa shape index (κ1) is 14.6. The highest BCUT2D eigenvalue weighted by Crippen LogP contribution is 2.30. The van der Waals surface area contributed by atoms with Gasteiger partial charge in [-0.3, -0.25) is 30.0 Å². The lowest BCUT2D eigenvalue weighted by atomic mass is 10.1. The van der Waals surface area contributed by atoms with E-state index in [0.29, 0.717) is 0 Å². The Morgan fingerprint density at radius 2 is 1.91 bits per heavy atom. The van der Waals surface area contributed by atoms with Crippen LogP contribution in [0.15, 0.2) is 36.5 Å². The Balaban J connectivity index is 2.04. The van der Waals surface area contributed by atoms with Crippen molar-refractivity contribution >= 4 is 17.5 Å². The minimum Gasteiger partial charge on any atom is -0.314 e. The number of aryl methyl sites for hydroxylation is 1. The van der Waals surface area contributed by atoms with Crippen molar-refractivity contribution in [1.29, 1.82) is 5.41 Å². The molecule has 23 heavy (non-hydrogen) atoms. The Kier molecular flexibility index (Phi) is 3.29. The summed E-state index contributed by atoms with van der Waals surface area (Å²) < 4.78 is 1.43. The topological polar surface area (TPSA) is 109 Å². The molecule has 0 spiro atoms. The molecule has 1 aromatic carbocycles. The number of rotatable bonds is 3. The highest BCUT2D eigenvalue weighted by molar-refractivity contribution is 6.22. The van der Waals surface area contributed by atoms with E-state index < -0.39 is 16.7 Å². The van der Waals surface area contributed by atoms with Crippen molar-refractivity contribution in [2.24, 2.45) is 0 Å². The van der Waals surface area contributed by atoms with Crippen LogP contribution in [0.2, 0.25) is 0 Å². The lowest BCUT2D eigenvalue weighted by Crippen LogP contribution is -2.36. The van der Waals surface area contributed by atoms with Crippen LogP contribution in [0, 0.1) is 22.4 Å². The summed E-state index contributed by atoms with van der Waals surface area (Å²) in [6, 6.07) is 7.26. The number of carbonyl (C=O) groups is 2. The van der Waals surface area contributed by atoms with Crippen molar-refractivity contribution in [1.82, 2.24) is 9.47 Å². The van der Waals surface area contributed by atoms with Crippen molar-refractivity contribution in [2.45, 2.75) is 13.6 Å². The van der Waals surface area contributed by atoms with E-state index in [1.807, 2.05) is 6.92 Å². The molecule has 1 aromatic heterocycles. The van der Waals surface area contributed by atoms with Gasteiger partial charge in [-0.15, -0.1) is 0 Å². The monoisotopic (exact) mass is 312 g/mol. The van der Waals surface area contributed by atoms with Crippen molar-refractivity contribution < 1.29 is 14.5 Å². The number of benzene rings is 1. The minimum atomic E-state index is -0.717. The first-order valence-electron chi connectivity index (χ1n) is 6.75. The Morgan fingerprint density at radius 3 is 2.61 bits per heavy atom. The van der Waals surface area contributed by atoms with Gasteiger partial charge in [-0.25, -0.2) is 0 Å². The first-order chi connectivity index (χ1) is 10.9. The highest BCUT2D eigenvalue weighted by atomic mass is 16.6. The second-order valence-corrected chi connectivity index (χ2v) is 5.20. The van der Waals surface area contributed by atoms with Gasteiger partial charge in [-0.2, -0.15) is 0 Å². The number of hydrogen-bond donors (Lipinski definition) is 1. The van der Waals surface area contributed by atoms with Gasteiger partial charge in [-0.05, 0) is 24.6 Å². The van der Waals surface area contributed by atoms with Gasteiger partial charge in [0.25, 0.3) is 17.5 Å². The summed E-state index contributed by atoms with van der Waals surface area (Å²) in [5.74, 6) is -1.31. The summed E-state index contributed by atoms with van der Waals surface area (Å²) >= 11 is 0. The lowest BCUT2D eigenvalue weighted by molar-refractivity contribution is -0.385. The molecule has 1 N–H and O–H groups in total. The minimum absolute atomic E-state index is 0.0176. The molecule has 0 unspecified atom stereocenters. The number of carbonyl (C=O) groups excluding carboxylic acids is 2. The van der Waals surface area contributed by atoms with Crippen molar-refractivity contribution in [2.75, 3.05) is 0 Å². The van der Waals surface area contributed by atoms with E-state index in [-0.39, 0.29) is 29.0 Å². The number of nitro groups is 1. The molecule has 0 bridgehead atoms. The number of nitrogens with one attached hydrogen (secondary N) is 1. The molecule has 1 aliphatic heterocycles.